The molecule has 1 aromatic carbocycles. The van der Waals surface area contributed by atoms with Crippen LogP contribution in [0.4, 0.5) is 0 Å². The van der Waals surface area contributed by atoms with Crippen molar-refractivity contribution in [3.63, 3.8) is 0 Å². The van der Waals surface area contributed by atoms with E-state index in [9.17, 15) is 13.2 Å². The molecule has 6 heteroatoms. The monoisotopic (exact) mass is 388 g/mol. The lowest BCUT2D eigenvalue weighted by molar-refractivity contribution is -0.143. The Balaban J connectivity index is 1.98. The molecule has 1 aliphatic carbocycles. The van der Waals surface area contributed by atoms with Crippen molar-refractivity contribution in [3.05, 3.63) is 35.4 Å². The third kappa shape index (κ3) is 5.35. The fourth-order valence-electron chi connectivity index (χ4n) is 2.65. The second-order valence-corrected chi connectivity index (χ2v) is 9.44. The maximum absolute atomic E-state index is 12.0. The van der Waals surface area contributed by atoms with Gasteiger partial charge < -0.3 is 9.84 Å². The molecule has 0 spiro atoms. The van der Waals surface area contributed by atoms with Crippen LogP contribution in [-0.2, 0) is 25.8 Å². The van der Waals surface area contributed by atoms with Gasteiger partial charge in [-0.1, -0.05) is 24.0 Å². The summed E-state index contributed by atoms with van der Waals surface area (Å²) in [5.74, 6) is 11.4. The number of aliphatic hydroxyl groups excluding tert-OH is 1. The Bertz CT molecular complexity index is 909. The molecule has 1 fully saturated rings. The van der Waals surface area contributed by atoms with Gasteiger partial charge in [0.15, 0.2) is 14.6 Å². The molecule has 0 bridgehead atoms. The molecule has 0 amide bonds. The Kier molecular flexibility index (Phi) is 6.70. The van der Waals surface area contributed by atoms with Gasteiger partial charge in [0.2, 0.25) is 0 Å². The van der Waals surface area contributed by atoms with E-state index in [0.29, 0.717) is 12.3 Å². The molecule has 1 N–H and O–H groups in total. The van der Waals surface area contributed by atoms with Crippen LogP contribution in [0.3, 0.4) is 0 Å². The summed E-state index contributed by atoms with van der Waals surface area (Å²) in [5.41, 5.74) is 1.72. The number of hydrogen-bond donors (Lipinski definition) is 1. The van der Waals surface area contributed by atoms with Crippen molar-refractivity contribution in [2.45, 2.75) is 30.9 Å². The van der Waals surface area contributed by atoms with E-state index >= 15 is 0 Å². The van der Waals surface area contributed by atoms with Crippen molar-refractivity contribution >= 4 is 15.8 Å². The van der Waals surface area contributed by atoms with E-state index in [1.54, 1.807) is 0 Å². The summed E-state index contributed by atoms with van der Waals surface area (Å²) in [4.78, 5) is 11.9. The minimum Gasteiger partial charge on any atom is -0.468 e. The number of rotatable bonds is 6. The van der Waals surface area contributed by atoms with Crippen LogP contribution in [0, 0.1) is 35.5 Å². The quantitative estimate of drug-likeness (QED) is 0.591. The maximum Gasteiger partial charge on any atom is 0.326 e. The minimum absolute atomic E-state index is 0.141. The first-order valence-corrected chi connectivity index (χ1v) is 10.6. The molecule has 1 aliphatic rings. The molecule has 0 aromatic heterocycles. The van der Waals surface area contributed by atoms with Crippen molar-refractivity contribution in [2.75, 3.05) is 20.0 Å². The Labute approximate surface area is 161 Å². The van der Waals surface area contributed by atoms with Crippen LogP contribution in [-0.4, -0.2) is 44.2 Å². The van der Waals surface area contributed by atoms with Gasteiger partial charge in [0, 0.05) is 24.3 Å². The minimum atomic E-state index is -3.60. The third-order valence-electron chi connectivity index (χ3n) is 4.96. The fourth-order valence-corrected chi connectivity index (χ4v) is 3.51. The molecule has 0 aliphatic heterocycles. The molecular weight excluding hydrogens is 364 g/mol. The van der Waals surface area contributed by atoms with Gasteiger partial charge in [0.25, 0.3) is 0 Å². The number of ether oxygens (including phenoxy) is 1. The van der Waals surface area contributed by atoms with E-state index in [1.807, 2.05) is 24.3 Å². The topological polar surface area (TPSA) is 80.7 Å². The molecule has 0 radical (unpaired) electrons. The lowest BCUT2D eigenvalue weighted by Crippen LogP contribution is -2.44. The number of hydrogen-bond acceptors (Lipinski definition) is 5. The van der Waals surface area contributed by atoms with E-state index in [2.05, 4.69) is 28.4 Å². The van der Waals surface area contributed by atoms with Crippen molar-refractivity contribution in [1.29, 1.82) is 0 Å². The SMILES string of the molecule is COC(=O)C(C)(CCc1ccc(C#CC#C[C@H]2C[C@@H]2CO)cc1)S(C)(=O)=O. The molecule has 1 aromatic rings. The van der Waals surface area contributed by atoms with E-state index < -0.39 is 20.6 Å². The van der Waals surface area contributed by atoms with Gasteiger partial charge in [-0.2, -0.15) is 0 Å². The van der Waals surface area contributed by atoms with Crippen LogP contribution in [0.15, 0.2) is 24.3 Å². The summed E-state index contributed by atoms with van der Waals surface area (Å²) in [5, 5.41) is 8.96. The van der Waals surface area contributed by atoms with Gasteiger partial charge in [0.05, 0.1) is 7.11 Å². The highest BCUT2D eigenvalue weighted by Crippen LogP contribution is 2.36. The molecular formula is C21H24O5S. The lowest BCUT2D eigenvalue weighted by atomic mass is 9.99. The van der Waals surface area contributed by atoms with Crippen LogP contribution in [0.2, 0.25) is 0 Å². The van der Waals surface area contributed by atoms with Gasteiger partial charge >= 0.3 is 5.97 Å². The Hall–Kier alpha value is -2.28. The number of carbonyl (C=O) groups is 1. The Morgan fingerprint density at radius 1 is 1.30 bits per heavy atom. The van der Waals surface area contributed by atoms with E-state index in [0.717, 1.165) is 23.8 Å². The first-order valence-electron chi connectivity index (χ1n) is 8.70. The summed E-state index contributed by atoms with van der Waals surface area (Å²) in [7, 11) is -2.41. The van der Waals surface area contributed by atoms with E-state index in [4.69, 9.17) is 5.11 Å². The van der Waals surface area contributed by atoms with Crippen molar-refractivity contribution in [3.8, 4) is 23.7 Å². The summed E-state index contributed by atoms with van der Waals surface area (Å²) < 4.78 is 27.2. The molecule has 5 nitrogen and oxygen atoms in total. The molecule has 2 rings (SSSR count). The summed E-state index contributed by atoms with van der Waals surface area (Å²) in [6.07, 6.45) is 2.56. The van der Waals surface area contributed by atoms with Crippen molar-refractivity contribution in [1.82, 2.24) is 0 Å². The highest BCUT2D eigenvalue weighted by atomic mass is 32.2. The van der Waals surface area contributed by atoms with E-state index in [1.165, 1.54) is 14.0 Å². The standard InChI is InChI=1S/C21H24O5S/c1-21(20(23)26-2,27(3,24)25)13-12-17-10-8-16(9-11-17)6-4-5-7-18-14-19(18)15-22/h8-11,18-19,22H,12-15H2,1-3H3/t18-,19+,21?/m0/s1. The maximum atomic E-state index is 12.0. The van der Waals surface area contributed by atoms with Crippen LogP contribution >= 0.6 is 0 Å². The third-order valence-corrected chi connectivity index (χ3v) is 6.97. The van der Waals surface area contributed by atoms with Gasteiger partial charge in [-0.25, -0.2) is 8.42 Å². The summed E-state index contributed by atoms with van der Waals surface area (Å²) in [6, 6.07) is 7.40. The Morgan fingerprint density at radius 3 is 2.48 bits per heavy atom. The van der Waals surface area contributed by atoms with Crippen LogP contribution in [0.25, 0.3) is 0 Å². The second kappa shape index (κ2) is 8.61. The number of benzene rings is 1. The van der Waals surface area contributed by atoms with Crippen LogP contribution in [0.1, 0.15) is 30.9 Å². The first-order chi connectivity index (χ1) is 12.7. The average molecular weight is 388 g/mol. The zero-order chi connectivity index (χ0) is 20.1. The number of methoxy groups -OCH3 is 1. The number of aryl methyl sites for hydroxylation is 1. The molecule has 0 heterocycles. The number of sulfone groups is 1. The summed E-state index contributed by atoms with van der Waals surface area (Å²) in [6.45, 7) is 1.58. The number of aliphatic hydroxyl groups is 1. The van der Waals surface area contributed by atoms with Crippen molar-refractivity contribution < 1.29 is 23.1 Å². The molecule has 144 valence electrons. The second-order valence-electron chi connectivity index (χ2n) is 7.00. The number of esters is 1. The predicted octanol–water partition coefficient (Wildman–Crippen LogP) is 1.58. The molecule has 3 atom stereocenters. The van der Waals surface area contributed by atoms with Crippen LogP contribution in [0.5, 0.6) is 0 Å². The van der Waals surface area contributed by atoms with Gasteiger partial charge in [0.1, 0.15) is 0 Å². The van der Waals surface area contributed by atoms with Gasteiger partial charge in [-0.15, -0.1) is 0 Å². The highest BCUT2D eigenvalue weighted by molar-refractivity contribution is 7.92. The normalized spacial score (nSPS) is 20.3. The fraction of sp³-hybridized carbons (Fsp3) is 0.476. The predicted molar refractivity (Wildman–Crippen MR) is 103 cm³/mol. The highest BCUT2D eigenvalue weighted by Gasteiger charge is 2.44. The zero-order valence-electron chi connectivity index (χ0n) is 15.8. The van der Waals surface area contributed by atoms with Gasteiger partial charge in [-0.3, -0.25) is 4.79 Å². The molecule has 1 saturated carbocycles. The molecule has 1 unspecified atom stereocenters. The molecule has 27 heavy (non-hydrogen) atoms. The van der Waals surface area contributed by atoms with Crippen LogP contribution < -0.4 is 0 Å². The van der Waals surface area contributed by atoms with Gasteiger partial charge in [-0.05, 0) is 61.6 Å². The average Bonchev–Trinajstić information content (AvgIpc) is 3.41. The zero-order valence-corrected chi connectivity index (χ0v) is 16.6. The van der Waals surface area contributed by atoms with E-state index in [-0.39, 0.29) is 18.9 Å². The largest absolute Gasteiger partial charge is 0.468 e. The first kappa shape index (κ1) is 21.0. The smallest absolute Gasteiger partial charge is 0.326 e. The van der Waals surface area contributed by atoms with Crippen molar-refractivity contribution in [2.24, 2.45) is 11.8 Å². The molecule has 0 saturated heterocycles. The number of carbonyl (C=O) groups excluding carboxylic acids is 1. The lowest BCUT2D eigenvalue weighted by Gasteiger charge is -2.24. The Morgan fingerprint density at radius 2 is 1.96 bits per heavy atom. The summed E-state index contributed by atoms with van der Waals surface area (Å²) >= 11 is 0.